The molecule has 7 nitrogen and oxygen atoms in total. The van der Waals surface area contributed by atoms with Gasteiger partial charge in [0.15, 0.2) is 0 Å². The van der Waals surface area contributed by atoms with E-state index in [1.807, 2.05) is 36.0 Å². The van der Waals surface area contributed by atoms with Crippen molar-refractivity contribution in [3.63, 3.8) is 0 Å². The smallest absolute Gasteiger partial charge is 0.315 e. The lowest BCUT2D eigenvalue weighted by Gasteiger charge is -2.20. The van der Waals surface area contributed by atoms with E-state index in [2.05, 4.69) is 27.1 Å². The summed E-state index contributed by atoms with van der Waals surface area (Å²) in [5.41, 5.74) is 3.02. The number of hydrogen-bond donors (Lipinski definition) is 3. The molecule has 3 rings (SSSR count). The summed E-state index contributed by atoms with van der Waals surface area (Å²) in [6.07, 6.45) is 5.71. The highest BCUT2D eigenvalue weighted by molar-refractivity contribution is 5.93. The summed E-state index contributed by atoms with van der Waals surface area (Å²) in [6.45, 7) is 3.32. The van der Waals surface area contributed by atoms with E-state index in [4.69, 9.17) is 0 Å². The van der Waals surface area contributed by atoms with Gasteiger partial charge in [0.05, 0.1) is 6.04 Å². The van der Waals surface area contributed by atoms with Crippen LogP contribution in [0.5, 0.6) is 0 Å². The van der Waals surface area contributed by atoms with Crippen LogP contribution in [0.25, 0.3) is 0 Å². The van der Waals surface area contributed by atoms with Crippen LogP contribution in [0.3, 0.4) is 0 Å². The zero-order valence-corrected chi connectivity index (χ0v) is 14.3. The molecule has 0 fully saturated rings. The lowest BCUT2D eigenvalue weighted by molar-refractivity contribution is -0.116. The number of urea groups is 1. The van der Waals surface area contributed by atoms with Gasteiger partial charge in [-0.3, -0.25) is 9.48 Å². The Bertz CT molecular complexity index is 742. The first-order valence-electron chi connectivity index (χ1n) is 8.56. The summed E-state index contributed by atoms with van der Waals surface area (Å²) >= 11 is 0. The maximum absolute atomic E-state index is 12.0. The van der Waals surface area contributed by atoms with E-state index in [0.717, 1.165) is 36.2 Å². The standard InChI is InChI=1S/C18H23N5O2/c1-13(14-4-6-16-15(12-14)5-7-17(24)22-16)21-18(25)19-8-2-10-23-11-3-9-20-23/h3-4,6,9,11-13H,2,5,7-8,10H2,1H3,(H,22,24)(H2,19,21,25)/t13-/m0/s1. The molecule has 1 atom stereocenters. The van der Waals surface area contributed by atoms with Gasteiger partial charge in [0, 0.05) is 37.6 Å². The van der Waals surface area contributed by atoms with Crippen LogP contribution >= 0.6 is 0 Å². The van der Waals surface area contributed by atoms with E-state index in [1.54, 1.807) is 6.20 Å². The lowest BCUT2D eigenvalue weighted by Crippen LogP contribution is -2.37. The zero-order valence-electron chi connectivity index (χ0n) is 14.3. The van der Waals surface area contributed by atoms with Crippen LogP contribution in [-0.4, -0.2) is 28.3 Å². The first kappa shape index (κ1) is 17.0. The van der Waals surface area contributed by atoms with Gasteiger partial charge in [-0.25, -0.2) is 4.79 Å². The Morgan fingerprint density at radius 2 is 2.28 bits per heavy atom. The van der Waals surface area contributed by atoms with Gasteiger partial charge >= 0.3 is 6.03 Å². The van der Waals surface area contributed by atoms with Gasteiger partial charge in [-0.15, -0.1) is 0 Å². The predicted molar refractivity (Wildman–Crippen MR) is 95.2 cm³/mol. The second-order valence-corrected chi connectivity index (χ2v) is 6.21. The zero-order chi connectivity index (χ0) is 17.6. The Morgan fingerprint density at radius 1 is 1.40 bits per heavy atom. The van der Waals surface area contributed by atoms with E-state index in [0.29, 0.717) is 13.0 Å². The van der Waals surface area contributed by atoms with Gasteiger partial charge in [-0.1, -0.05) is 12.1 Å². The Balaban J connectivity index is 1.45. The quantitative estimate of drug-likeness (QED) is 0.704. The summed E-state index contributed by atoms with van der Waals surface area (Å²) in [5, 5.41) is 12.8. The number of carbonyl (C=O) groups excluding carboxylic acids is 2. The molecule has 1 aromatic carbocycles. The lowest BCUT2D eigenvalue weighted by atomic mass is 9.98. The number of carbonyl (C=O) groups is 2. The molecule has 7 heteroatoms. The second kappa shape index (κ2) is 7.83. The molecular weight excluding hydrogens is 318 g/mol. The van der Waals surface area contributed by atoms with Crippen molar-refractivity contribution in [1.82, 2.24) is 20.4 Å². The third-order valence-corrected chi connectivity index (χ3v) is 4.28. The average Bonchev–Trinajstić information content (AvgIpc) is 3.11. The van der Waals surface area contributed by atoms with Crippen LogP contribution in [0.2, 0.25) is 0 Å². The Morgan fingerprint density at radius 3 is 3.08 bits per heavy atom. The van der Waals surface area contributed by atoms with E-state index in [-0.39, 0.29) is 18.0 Å². The van der Waals surface area contributed by atoms with Crippen molar-refractivity contribution in [2.75, 3.05) is 11.9 Å². The minimum Gasteiger partial charge on any atom is -0.338 e. The average molecular weight is 341 g/mol. The predicted octanol–water partition coefficient (Wildman–Crippen LogP) is 2.22. The Labute approximate surface area is 146 Å². The summed E-state index contributed by atoms with van der Waals surface area (Å²) in [5.74, 6) is 0.0564. The van der Waals surface area contributed by atoms with E-state index in [9.17, 15) is 9.59 Å². The van der Waals surface area contributed by atoms with Crippen molar-refractivity contribution in [1.29, 1.82) is 0 Å². The molecule has 0 spiro atoms. The fraction of sp³-hybridized carbons (Fsp3) is 0.389. The van der Waals surface area contributed by atoms with Crippen molar-refractivity contribution >= 4 is 17.6 Å². The monoisotopic (exact) mass is 341 g/mol. The number of benzene rings is 1. The second-order valence-electron chi connectivity index (χ2n) is 6.21. The molecule has 0 saturated heterocycles. The van der Waals surface area contributed by atoms with Crippen LogP contribution < -0.4 is 16.0 Å². The molecule has 1 aromatic heterocycles. The molecule has 0 saturated carbocycles. The third kappa shape index (κ3) is 4.59. The van der Waals surface area contributed by atoms with E-state index in [1.165, 1.54) is 0 Å². The van der Waals surface area contributed by atoms with Crippen LogP contribution in [0.1, 0.15) is 36.9 Å². The number of aryl methyl sites for hydroxylation is 2. The molecular formula is C18H23N5O2. The molecule has 0 aliphatic carbocycles. The van der Waals surface area contributed by atoms with Gasteiger partial charge in [0.1, 0.15) is 0 Å². The van der Waals surface area contributed by atoms with Crippen LogP contribution in [-0.2, 0) is 17.8 Å². The van der Waals surface area contributed by atoms with Crippen molar-refractivity contribution < 1.29 is 9.59 Å². The van der Waals surface area contributed by atoms with E-state index >= 15 is 0 Å². The largest absolute Gasteiger partial charge is 0.338 e. The minimum absolute atomic E-state index is 0.0564. The van der Waals surface area contributed by atoms with Crippen molar-refractivity contribution in [2.24, 2.45) is 0 Å². The number of hydrogen-bond acceptors (Lipinski definition) is 3. The molecule has 3 N–H and O–H groups in total. The highest BCUT2D eigenvalue weighted by atomic mass is 16.2. The SMILES string of the molecule is C[C@H](NC(=O)NCCCn1cccn1)c1ccc2c(c1)CCC(=O)N2. The van der Waals surface area contributed by atoms with Crippen LogP contribution in [0, 0.1) is 0 Å². The number of nitrogens with one attached hydrogen (secondary N) is 3. The van der Waals surface area contributed by atoms with Gasteiger partial charge in [0.2, 0.25) is 5.91 Å². The van der Waals surface area contributed by atoms with Gasteiger partial charge < -0.3 is 16.0 Å². The minimum atomic E-state index is -0.181. The molecule has 1 aliphatic rings. The van der Waals surface area contributed by atoms with Crippen LogP contribution in [0.4, 0.5) is 10.5 Å². The van der Waals surface area contributed by atoms with Crippen LogP contribution in [0.15, 0.2) is 36.7 Å². The van der Waals surface area contributed by atoms with Gasteiger partial charge in [-0.2, -0.15) is 5.10 Å². The Kier molecular flexibility index (Phi) is 5.33. The molecule has 0 bridgehead atoms. The first-order chi connectivity index (χ1) is 12.1. The summed E-state index contributed by atoms with van der Waals surface area (Å²) < 4.78 is 1.84. The molecule has 3 amide bonds. The maximum Gasteiger partial charge on any atom is 0.315 e. The number of rotatable bonds is 6. The molecule has 0 radical (unpaired) electrons. The fourth-order valence-electron chi connectivity index (χ4n) is 2.88. The van der Waals surface area contributed by atoms with E-state index < -0.39 is 0 Å². The maximum atomic E-state index is 12.0. The van der Waals surface area contributed by atoms with Crippen molar-refractivity contribution in [3.05, 3.63) is 47.8 Å². The fourth-order valence-corrected chi connectivity index (χ4v) is 2.88. The normalized spacial score (nSPS) is 14.4. The van der Waals surface area contributed by atoms with Gasteiger partial charge in [-0.05, 0) is 43.0 Å². The highest BCUT2D eigenvalue weighted by Gasteiger charge is 2.17. The molecule has 0 unspecified atom stereocenters. The summed E-state index contributed by atoms with van der Waals surface area (Å²) in [6, 6.07) is 7.49. The molecule has 1 aliphatic heterocycles. The van der Waals surface area contributed by atoms with Crippen molar-refractivity contribution in [3.8, 4) is 0 Å². The number of fused-ring (bicyclic) bond motifs is 1. The summed E-state index contributed by atoms with van der Waals surface area (Å²) in [7, 11) is 0. The molecule has 132 valence electrons. The van der Waals surface area contributed by atoms with Crippen molar-refractivity contribution in [2.45, 2.75) is 38.8 Å². The third-order valence-electron chi connectivity index (χ3n) is 4.28. The molecule has 2 aromatic rings. The molecule has 2 heterocycles. The number of nitrogens with zero attached hydrogens (tertiary/aromatic N) is 2. The topological polar surface area (TPSA) is 88.1 Å². The number of anilines is 1. The number of aromatic nitrogens is 2. The Hall–Kier alpha value is -2.83. The summed E-state index contributed by atoms with van der Waals surface area (Å²) in [4.78, 5) is 23.4. The van der Waals surface area contributed by atoms with Gasteiger partial charge in [0.25, 0.3) is 0 Å². The number of amides is 3. The highest BCUT2D eigenvalue weighted by Crippen LogP contribution is 2.26. The first-order valence-corrected chi connectivity index (χ1v) is 8.56. The molecule has 25 heavy (non-hydrogen) atoms.